The zero-order valence-corrected chi connectivity index (χ0v) is 14.3. The van der Waals surface area contributed by atoms with Crippen molar-refractivity contribution >= 4 is 15.9 Å². The van der Waals surface area contributed by atoms with Crippen LogP contribution < -0.4 is 5.73 Å². The van der Waals surface area contributed by atoms with Crippen LogP contribution in [0.25, 0.3) is 0 Å². The van der Waals surface area contributed by atoms with Crippen LogP contribution in [0, 0.1) is 0 Å². The Labute approximate surface area is 131 Å². The van der Waals surface area contributed by atoms with Crippen molar-refractivity contribution in [3.63, 3.8) is 0 Å². The van der Waals surface area contributed by atoms with Crippen LogP contribution in [0.1, 0.15) is 57.1 Å². The van der Waals surface area contributed by atoms with Crippen LogP contribution in [-0.2, 0) is 0 Å². The Bertz CT molecular complexity index is 411. The molecule has 2 N–H and O–H groups in total. The normalized spacial score (nSPS) is 20.6. The van der Waals surface area contributed by atoms with Crippen LogP contribution >= 0.6 is 15.9 Å². The highest BCUT2D eigenvalue weighted by Gasteiger charge is 2.27. The van der Waals surface area contributed by atoms with Crippen LogP contribution in [0.15, 0.2) is 28.7 Å². The van der Waals surface area contributed by atoms with Gasteiger partial charge in [-0.1, -0.05) is 53.7 Å². The highest BCUT2D eigenvalue weighted by Crippen LogP contribution is 2.31. The van der Waals surface area contributed by atoms with E-state index in [1.54, 1.807) is 0 Å². The third kappa shape index (κ3) is 4.06. The van der Waals surface area contributed by atoms with Gasteiger partial charge in [-0.2, -0.15) is 0 Å². The maximum Gasteiger partial charge on any atom is 0.0496 e. The number of likely N-dealkylation sites (N-methyl/N-ethyl adjacent to an activating group) is 1. The van der Waals surface area contributed by atoms with Gasteiger partial charge in [-0.15, -0.1) is 0 Å². The van der Waals surface area contributed by atoms with Crippen molar-refractivity contribution in [2.75, 3.05) is 7.05 Å². The largest absolute Gasteiger partial charge is 0.326 e. The summed E-state index contributed by atoms with van der Waals surface area (Å²) in [4.78, 5) is 2.53. The lowest BCUT2D eigenvalue weighted by Crippen LogP contribution is -2.42. The second kappa shape index (κ2) is 7.58. The third-order valence-electron chi connectivity index (χ3n) is 4.53. The fourth-order valence-corrected chi connectivity index (χ4v) is 3.91. The summed E-state index contributed by atoms with van der Waals surface area (Å²) in [6.45, 7) is 2.12. The van der Waals surface area contributed by atoms with Gasteiger partial charge in [0, 0.05) is 22.6 Å². The highest BCUT2D eigenvalue weighted by molar-refractivity contribution is 9.10. The Morgan fingerprint density at radius 1 is 1.20 bits per heavy atom. The first-order valence-electron chi connectivity index (χ1n) is 7.82. The standard InChI is InChI=1S/C17H27BrN2/c1-13(19)17(14-8-7-9-15(18)12-14)20(2)16-10-5-3-4-6-11-16/h7-9,12-13,16-17H,3-6,10-11,19H2,1-2H3. The van der Waals surface area contributed by atoms with Gasteiger partial charge < -0.3 is 5.73 Å². The smallest absolute Gasteiger partial charge is 0.0496 e. The van der Waals surface area contributed by atoms with E-state index in [0.29, 0.717) is 12.1 Å². The van der Waals surface area contributed by atoms with E-state index in [1.807, 2.05) is 0 Å². The summed E-state index contributed by atoms with van der Waals surface area (Å²) in [5.41, 5.74) is 7.63. The SMILES string of the molecule is CC(N)C(c1cccc(Br)c1)N(C)C1CCCCCC1. The van der Waals surface area contributed by atoms with Gasteiger partial charge >= 0.3 is 0 Å². The molecule has 0 amide bonds. The van der Waals surface area contributed by atoms with E-state index >= 15 is 0 Å². The quantitative estimate of drug-likeness (QED) is 0.819. The molecule has 0 saturated heterocycles. The summed E-state index contributed by atoms with van der Waals surface area (Å²) >= 11 is 3.58. The summed E-state index contributed by atoms with van der Waals surface area (Å²) in [7, 11) is 2.25. The molecule has 2 atom stereocenters. The predicted molar refractivity (Wildman–Crippen MR) is 89.8 cm³/mol. The van der Waals surface area contributed by atoms with E-state index < -0.39 is 0 Å². The number of halogens is 1. The fraction of sp³-hybridized carbons (Fsp3) is 0.647. The Balaban J connectivity index is 2.18. The highest BCUT2D eigenvalue weighted by atomic mass is 79.9. The molecule has 0 aromatic heterocycles. The lowest BCUT2D eigenvalue weighted by atomic mass is 9.96. The zero-order chi connectivity index (χ0) is 14.5. The molecule has 112 valence electrons. The molecule has 0 heterocycles. The van der Waals surface area contributed by atoms with Crippen LogP contribution in [0.2, 0.25) is 0 Å². The van der Waals surface area contributed by atoms with Gasteiger partial charge in [-0.05, 0) is 44.5 Å². The van der Waals surface area contributed by atoms with Gasteiger partial charge in [0.1, 0.15) is 0 Å². The molecule has 0 aliphatic heterocycles. The number of nitrogens with two attached hydrogens (primary N) is 1. The maximum absolute atomic E-state index is 6.31. The van der Waals surface area contributed by atoms with Crippen molar-refractivity contribution in [3.8, 4) is 0 Å². The van der Waals surface area contributed by atoms with E-state index in [-0.39, 0.29) is 6.04 Å². The number of nitrogens with zero attached hydrogens (tertiary/aromatic N) is 1. The van der Waals surface area contributed by atoms with Gasteiger partial charge in [-0.3, -0.25) is 4.90 Å². The van der Waals surface area contributed by atoms with E-state index in [0.717, 1.165) is 4.47 Å². The van der Waals surface area contributed by atoms with Crippen LogP contribution in [0.4, 0.5) is 0 Å². The minimum Gasteiger partial charge on any atom is -0.326 e. The molecule has 2 nitrogen and oxygen atoms in total. The van der Waals surface area contributed by atoms with Gasteiger partial charge in [0.25, 0.3) is 0 Å². The summed E-state index contributed by atoms with van der Waals surface area (Å²) in [6, 6.07) is 9.71. The number of hydrogen-bond acceptors (Lipinski definition) is 2. The number of benzene rings is 1. The maximum atomic E-state index is 6.31. The monoisotopic (exact) mass is 338 g/mol. The van der Waals surface area contributed by atoms with Crippen LogP contribution in [0.3, 0.4) is 0 Å². The van der Waals surface area contributed by atoms with Crippen molar-refractivity contribution in [2.45, 2.75) is 63.6 Å². The fourth-order valence-electron chi connectivity index (χ4n) is 3.49. The zero-order valence-electron chi connectivity index (χ0n) is 12.7. The molecule has 2 unspecified atom stereocenters. The van der Waals surface area contributed by atoms with Crippen LogP contribution in [-0.4, -0.2) is 24.0 Å². The van der Waals surface area contributed by atoms with Gasteiger partial charge in [0.2, 0.25) is 0 Å². The average Bonchev–Trinajstić information content (AvgIpc) is 2.67. The van der Waals surface area contributed by atoms with E-state index in [4.69, 9.17) is 5.73 Å². The first-order chi connectivity index (χ1) is 9.59. The summed E-state index contributed by atoms with van der Waals surface area (Å²) in [6.07, 6.45) is 8.13. The molecule has 0 bridgehead atoms. The minimum atomic E-state index is 0.137. The van der Waals surface area contributed by atoms with E-state index in [9.17, 15) is 0 Å². The Morgan fingerprint density at radius 3 is 2.40 bits per heavy atom. The Morgan fingerprint density at radius 2 is 1.85 bits per heavy atom. The first kappa shape index (κ1) is 16.0. The molecule has 2 rings (SSSR count). The van der Waals surface area contributed by atoms with E-state index in [1.165, 1.54) is 44.1 Å². The Kier molecular flexibility index (Phi) is 6.06. The predicted octanol–water partition coefficient (Wildman–Crippen LogP) is 4.49. The molecule has 1 aromatic rings. The van der Waals surface area contributed by atoms with Gasteiger partial charge in [0.15, 0.2) is 0 Å². The van der Waals surface area contributed by atoms with E-state index in [2.05, 4.69) is 59.1 Å². The summed E-state index contributed by atoms with van der Waals surface area (Å²) in [5.74, 6) is 0. The molecule has 0 radical (unpaired) electrons. The second-order valence-electron chi connectivity index (χ2n) is 6.17. The lowest BCUT2D eigenvalue weighted by molar-refractivity contribution is 0.141. The number of rotatable bonds is 4. The van der Waals surface area contributed by atoms with Gasteiger partial charge in [0.05, 0.1) is 0 Å². The van der Waals surface area contributed by atoms with Crippen molar-refractivity contribution < 1.29 is 0 Å². The third-order valence-corrected chi connectivity index (χ3v) is 5.02. The van der Waals surface area contributed by atoms with Crippen LogP contribution in [0.5, 0.6) is 0 Å². The van der Waals surface area contributed by atoms with Gasteiger partial charge in [-0.25, -0.2) is 0 Å². The molecule has 1 fully saturated rings. The first-order valence-corrected chi connectivity index (χ1v) is 8.62. The number of hydrogen-bond donors (Lipinski definition) is 1. The molecular formula is C17H27BrN2. The molecule has 1 aliphatic carbocycles. The van der Waals surface area contributed by atoms with Crippen molar-refractivity contribution in [3.05, 3.63) is 34.3 Å². The lowest BCUT2D eigenvalue weighted by Gasteiger charge is -2.37. The summed E-state index contributed by atoms with van der Waals surface area (Å²) in [5, 5.41) is 0. The van der Waals surface area contributed by atoms with Crippen molar-refractivity contribution in [2.24, 2.45) is 5.73 Å². The molecular weight excluding hydrogens is 312 g/mol. The van der Waals surface area contributed by atoms with Crippen molar-refractivity contribution in [1.29, 1.82) is 0 Å². The second-order valence-corrected chi connectivity index (χ2v) is 7.09. The summed E-state index contributed by atoms with van der Waals surface area (Å²) < 4.78 is 1.13. The molecule has 1 aromatic carbocycles. The molecule has 20 heavy (non-hydrogen) atoms. The van der Waals surface area contributed by atoms with Crippen molar-refractivity contribution in [1.82, 2.24) is 4.90 Å². The minimum absolute atomic E-state index is 0.137. The topological polar surface area (TPSA) is 29.3 Å². The molecule has 0 spiro atoms. The molecule has 1 aliphatic rings. The average molecular weight is 339 g/mol. The Hall–Kier alpha value is -0.380. The molecule has 1 saturated carbocycles. The molecule has 3 heteroatoms.